The SMILES string of the molecule is CNC(=O)NCCC(C)(C)CN(C[C@@H](O)[C@H](Cc1ccccc1)NC(=O)O[C@H]1CO[C@H]2OCC[C@H]21)S(=O)(=O)c1ccc(OC)cc1. The van der Waals surface area contributed by atoms with Crippen molar-refractivity contribution in [3.05, 3.63) is 60.2 Å². The van der Waals surface area contributed by atoms with Crippen LogP contribution in [0.1, 0.15) is 32.3 Å². The Morgan fingerprint density at radius 2 is 1.83 bits per heavy atom. The average Bonchev–Trinajstić information content (AvgIpc) is 3.66. The van der Waals surface area contributed by atoms with Gasteiger partial charge in [-0.15, -0.1) is 0 Å². The molecule has 0 bridgehead atoms. The number of fused-ring (bicyclic) bond motifs is 1. The molecule has 2 aliphatic rings. The number of hydrogen-bond donors (Lipinski definition) is 4. The quantitative estimate of drug-likeness (QED) is 0.224. The highest BCUT2D eigenvalue weighted by Crippen LogP contribution is 2.33. The van der Waals surface area contributed by atoms with Gasteiger partial charge in [-0.25, -0.2) is 18.0 Å². The predicted molar refractivity (Wildman–Crippen MR) is 170 cm³/mol. The third kappa shape index (κ3) is 9.55. The number of urea groups is 1. The number of hydrogen-bond acceptors (Lipinski definition) is 9. The van der Waals surface area contributed by atoms with Gasteiger partial charge < -0.3 is 40.0 Å². The largest absolute Gasteiger partial charge is 0.497 e. The van der Waals surface area contributed by atoms with E-state index in [9.17, 15) is 23.1 Å². The van der Waals surface area contributed by atoms with Crippen LogP contribution in [0.4, 0.5) is 9.59 Å². The van der Waals surface area contributed by atoms with E-state index in [1.54, 1.807) is 12.1 Å². The second kappa shape index (κ2) is 15.9. The highest BCUT2D eigenvalue weighted by molar-refractivity contribution is 7.89. The van der Waals surface area contributed by atoms with Crippen LogP contribution in [-0.2, 0) is 30.7 Å². The first-order valence-electron chi connectivity index (χ1n) is 15.4. The Morgan fingerprint density at radius 1 is 1.11 bits per heavy atom. The van der Waals surface area contributed by atoms with Crippen molar-refractivity contribution in [3.8, 4) is 5.75 Å². The number of ether oxygens (including phenoxy) is 4. The second-order valence-electron chi connectivity index (χ2n) is 12.4. The molecule has 0 aliphatic carbocycles. The van der Waals surface area contributed by atoms with Crippen molar-refractivity contribution in [2.45, 2.75) is 62.5 Å². The van der Waals surface area contributed by atoms with Gasteiger partial charge in [-0.05, 0) is 54.5 Å². The maximum absolute atomic E-state index is 14.1. The molecule has 46 heavy (non-hydrogen) atoms. The molecule has 5 atom stereocenters. The Bertz CT molecular complexity index is 1390. The number of alkyl carbamates (subject to hydrolysis) is 1. The molecule has 2 heterocycles. The molecule has 254 valence electrons. The smallest absolute Gasteiger partial charge is 0.407 e. The van der Waals surface area contributed by atoms with E-state index in [2.05, 4.69) is 16.0 Å². The van der Waals surface area contributed by atoms with Crippen LogP contribution in [0.3, 0.4) is 0 Å². The van der Waals surface area contributed by atoms with E-state index in [4.69, 9.17) is 18.9 Å². The normalized spacial score (nSPS) is 20.9. The number of aliphatic hydroxyl groups is 1. The van der Waals surface area contributed by atoms with Gasteiger partial charge >= 0.3 is 12.1 Å². The highest BCUT2D eigenvalue weighted by Gasteiger charge is 2.44. The van der Waals surface area contributed by atoms with Crippen LogP contribution in [0.15, 0.2) is 59.5 Å². The molecule has 13 nitrogen and oxygen atoms in total. The Kier molecular flexibility index (Phi) is 12.3. The second-order valence-corrected chi connectivity index (χ2v) is 14.3. The van der Waals surface area contributed by atoms with E-state index in [0.717, 1.165) is 5.56 Å². The monoisotopic (exact) mass is 662 g/mol. The van der Waals surface area contributed by atoms with Gasteiger partial charge in [0.2, 0.25) is 10.0 Å². The zero-order valence-electron chi connectivity index (χ0n) is 26.8. The van der Waals surface area contributed by atoms with E-state index in [1.807, 2.05) is 44.2 Å². The van der Waals surface area contributed by atoms with Gasteiger partial charge in [-0.3, -0.25) is 0 Å². The number of sulfonamides is 1. The zero-order chi connectivity index (χ0) is 33.3. The van der Waals surface area contributed by atoms with Crippen molar-refractivity contribution in [2.24, 2.45) is 11.3 Å². The summed E-state index contributed by atoms with van der Waals surface area (Å²) in [5.74, 6) is 0.438. The van der Waals surface area contributed by atoms with Crippen molar-refractivity contribution < 1.29 is 42.1 Å². The number of nitrogens with zero attached hydrogens (tertiary/aromatic N) is 1. The fourth-order valence-electron chi connectivity index (χ4n) is 5.66. The van der Waals surface area contributed by atoms with Crippen molar-refractivity contribution in [2.75, 3.05) is 47.0 Å². The van der Waals surface area contributed by atoms with Crippen molar-refractivity contribution in [1.29, 1.82) is 0 Å². The average molecular weight is 663 g/mol. The lowest BCUT2D eigenvalue weighted by Crippen LogP contribution is -2.52. The van der Waals surface area contributed by atoms with E-state index in [-0.39, 0.29) is 43.0 Å². The molecule has 0 unspecified atom stereocenters. The summed E-state index contributed by atoms with van der Waals surface area (Å²) in [4.78, 5) is 24.9. The maximum Gasteiger partial charge on any atom is 0.407 e. The van der Waals surface area contributed by atoms with Gasteiger partial charge in [0, 0.05) is 26.7 Å². The van der Waals surface area contributed by atoms with Crippen molar-refractivity contribution in [3.63, 3.8) is 0 Å². The third-order valence-corrected chi connectivity index (χ3v) is 10.1. The lowest BCUT2D eigenvalue weighted by Gasteiger charge is -2.35. The maximum atomic E-state index is 14.1. The first kappa shape index (κ1) is 35.4. The van der Waals surface area contributed by atoms with Crippen LogP contribution in [0, 0.1) is 11.3 Å². The molecule has 3 amide bonds. The Labute approximate surface area is 271 Å². The summed E-state index contributed by atoms with van der Waals surface area (Å²) in [5, 5.41) is 19.7. The fourth-order valence-corrected chi connectivity index (χ4v) is 7.31. The molecule has 14 heteroatoms. The molecule has 2 saturated heterocycles. The molecular formula is C32H46N4O9S. The van der Waals surface area contributed by atoms with E-state index < -0.39 is 46.1 Å². The number of benzene rings is 2. The number of methoxy groups -OCH3 is 1. The van der Waals surface area contributed by atoms with E-state index in [1.165, 1.54) is 30.6 Å². The molecule has 0 aromatic heterocycles. The van der Waals surface area contributed by atoms with Crippen LogP contribution in [0.2, 0.25) is 0 Å². The standard InChI is InChI=1S/C32H46N4O9S/c1-32(2,15-16-34-30(38)33-3)21-36(46(40,41)24-12-10-23(42-4)11-13-24)19-27(37)26(18-22-8-6-5-7-9-22)35-31(39)45-28-20-44-29-25(28)14-17-43-29/h5-13,25-29,37H,14-21H2,1-4H3,(H,35,39)(H2,33,34,38)/t25-,26-,27+,28-,29+/m0/s1. The highest BCUT2D eigenvalue weighted by atomic mass is 32.2. The summed E-state index contributed by atoms with van der Waals surface area (Å²) in [5.41, 5.74) is 0.231. The molecule has 2 aromatic rings. The minimum atomic E-state index is -4.12. The molecular weight excluding hydrogens is 616 g/mol. The molecule has 2 fully saturated rings. The van der Waals surface area contributed by atoms with Gasteiger partial charge in [-0.2, -0.15) is 4.31 Å². The molecule has 0 spiro atoms. The van der Waals surface area contributed by atoms with Crippen LogP contribution < -0.4 is 20.7 Å². The van der Waals surface area contributed by atoms with Crippen LogP contribution in [0.5, 0.6) is 5.75 Å². The first-order valence-corrected chi connectivity index (χ1v) is 16.9. The lowest BCUT2D eigenvalue weighted by molar-refractivity contribution is -0.0907. The van der Waals surface area contributed by atoms with E-state index >= 15 is 0 Å². The number of amides is 3. The van der Waals surface area contributed by atoms with Gasteiger partial charge in [0.1, 0.15) is 11.9 Å². The third-order valence-electron chi connectivity index (χ3n) is 8.32. The topological polar surface area (TPSA) is 165 Å². The van der Waals surface area contributed by atoms with Gasteiger partial charge in [0.15, 0.2) is 6.29 Å². The summed E-state index contributed by atoms with van der Waals surface area (Å²) >= 11 is 0. The molecule has 4 N–H and O–H groups in total. The summed E-state index contributed by atoms with van der Waals surface area (Å²) in [6.07, 6.45) is -1.53. The summed E-state index contributed by atoms with van der Waals surface area (Å²) in [6.45, 7) is 4.55. The van der Waals surface area contributed by atoms with Crippen LogP contribution in [0.25, 0.3) is 0 Å². The number of rotatable bonds is 15. The summed E-state index contributed by atoms with van der Waals surface area (Å²) < 4.78 is 51.4. The van der Waals surface area contributed by atoms with Crippen LogP contribution >= 0.6 is 0 Å². The van der Waals surface area contributed by atoms with Crippen molar-refractivity contribution in [1.82, 2.24) is 20.3 Å². The Morgan fingerprint density at radius 3 is 2.50 bits per heavy atom. The van der Waals surface area contributed by atoms with Gasteiger partial charge in [0.05, 0.1) is 43.3 Å². The zero-order valence-corrected chi connectivity index (χ0v) is 27.6. The van der Waals surface area contributed by atoms with Gasteiger partial charge in [-0.1, -0.05) is 44.2 Å². The molecule has 0 saturated carbocycles. The summed E-state index contributed by atoms with van der Waals surface area (Å²) in [7, 11) is -1.11. The Balaban J connectivity index is 1.55. The number of nitrogens with one attached hydrogen (secondary N) is 3. The molecule has 2 aliphatic heterocycles. The fraction of sp³-hybridized carbons (Fsp3) is 0.562. The predicted octanol–water partition coefficient (Wildman–Crippen LogP) is 2.49. The first-order chi connectivity index (χ1) is 21.9. The number of carbonyl (C=O) groups is 2. The number of carbonyl (C=O) groups excluding carboxylic acids is 2. The lowest BCUT2D eigenvalue weighted by atomic mass is 9.89. The molecule has 4 rings (SSSR count). The van der Waals surface area contributed by atoms with Crippen molar-refractivity contribution >= 4 is 22.1 Å². The molecule has 2 aromatic carbocycles. The minimum Gasteiger partial charge on any atom is -0.497 e. The minimum absolute atomic E-state index is 0.0266. The number of aliphatic hydroxyl groups excluding tert-OH is 1. The molecule has 0 radical (unpaired) electrons. The van der Waals surface area contributed by atoms with Crippen LogP contribution in [-0.4, -0.2) is 101 Å². The van der Waals surface area contributed by atoms with E-state index in [0.29, 0.717) is 31.7 Å². The van der Waals surface area contributed by atoms with Gasteiger partial charge in [0.25, 0.3) is 0 Å². The summed E-state index contributed by atoms with van der Waals surface area (Å²) in [6, 6.07) is 14.1. The Hall–Kier alpha value is -3.43.